The summed E-state index contributed by atoms with van der Waals surface area (Å²) in [5.41, 5.74) is 1.03. The number of aliphatic carboxylic acids is 1. The zero-order valence-electron chi connectivity index (χ0n) is 12.1. The molecule has 0 spiro atoms. The Morgan fingerprint density at radius 1 is 1.45 bits per heavy atom. The van der Waals surface area contributed by atoms with E-state index in [1.54, 1.807) is 18.0 Å². The fourth-order valence-electron chi connectivity index (χ4n) is 1.68. The summed E-state index contributed by atoms with van der Waals surface area (Å²) in [5.74, 6) is -0.283. The van der Waals surface area contributed by atoms with Gasteiger partial charge in [0.15, 0.2) is 0 Å². The van der Waals surface area contributed by atoms with E-state index in [0.29, 0.717) is 18.9 Å². The van der Waals surface area contributed by atoms with Gasteiger partial charge < -0.3 is 10.0 Å². The minimum Gasteiger partial charge on any atom is -0.478 e. The molecule has 1 N–H and O–H groups in total. The Morgan fingerprint density at radius 3 is 2.75 bits per heavy atom. The molecule has 0 aliphatic rings. The van der Waals surface area contributed by atoms with E-state index < -0.39 is 5.97 Å². The molecule has 0 atom stereocenters. The van der Waals surface area contributed by atoms with Crippen LogP contribution in [0.4, 0.5) is 0 Å². The van der Waals surface area contributed by atoms with Crippen LogP contribution in [0.15, 0.2) is 17.5 Å². The van der Waals surface area contributed by atoms with Crippen molar-refractivity contribution in [1.29, 1.82) is 0 Å². The zero-order valence-corrected chi connectivity index (χ0v) is 12.9. The molecule has 0 bridgehead atoms. The van der Waals surface area contributed by atoms with Gasteiger partial charge in [-0.2, -0.15) is 0 Å². The van der Waals surface area contributed by atoms with Crippen LogP contribution in [0, 0.1) is 5.92 Å². The first-order valence-electron chi connectivity index (χ1n) is 6.61. The molecule has 0 aliphatic heterocycles. The van der Waals surface area contributed by atoms with Crippen molar-refractivity contribution in [3.63, 3.8) is 0 Å². The molecule has 0 saturated heterocycles. The van der Waals surface area contributed by atoms with Crippen LogP contribution in [0.2, 0.25) is 0 Å². The molecule has 1 rings (SSSR count). The molecule has 0 aliphatic carbocycles. The average Bonchev–Trinajstić information content (AvgIpc) is 2.81. The summed E-state index contributed by atoms with van der Waals surface area (Å²) < 4.78 is 0. The number of amides is 1. The number of thiophene rings is 1. The molecule has 0 saturated carbocycles. The summed E-state index contributed by atoms with van der Waals surface area (Å²) in [6.45, 7) is 4.77. The summed E-state index contributed by atoms with van der Waals surface area (Å²) in [4.78, 5) is 24.9. The van der Waals surface area contributed by atoms with Gasteiger partial charge in [0, 0.05) is 31.0 Å². The maximum atomic E-state index is 11.9. The molecular formula is C15H21NO3S. The quantitative estimate of drug-likeness (QED) is 0.786. The summed E-state index contributed by atoms with van der Waals surface area (Å²) in [6, 6.07) is 1.91. The lowest BCUT2D eigenvalue weighted by atomic mass is 10.1. The van der Waals surface area contributed by atoms with Gasteiger partial charge in [0.05, 0.1) is 0 Å². The van der Waals surface area contributed by atoms with Crippen molar-refractivity contribution in [2.75, 3.05) is 7.05 Å². The van der Waals surface area contributed by atoms with Gasteiger partial charge in [-0.3, -0.25) is 4.79 Å². The molecule has 0 fully saturated rings. The van der Waals surface area contributed by atoms with Crippen molar-refractivity contribution >= 4 is 29.3 Å². The first-order chi connectivity index (χ1) is 9.38. The van der Waals surface area contributed by atoms with Gasteiger partial charge >= 0.3 is 5.97 Å². The highest BCUT2D eigenvalue weighted by atomic mass is 32.1. The van der Waals surface area contributed by atoms with Crippen molar-refractivity contribution in [3.8, 4) is 0 Å². The van der Waals surface area contributed by atoms with Gasteiger partial charge in [-0.1, -0.05) is 13.8 Å². The lowest BCUT2D eigenvalue weighted by Crippen LogP contribution is -2.25. The second kappa shape index (κ2) is 7.85. The molecule has 0 unspecified atom stereocenters. The molecular weight excluding hydrogens is 274 g/mol. The monoisotopic (exact) mass is 295 g/mol. The molecule has 1 aromatic rings. The normalized spacial score (nSPS) is 11.2. The zero-order chi connectivity index (χ0) is 15.1. The van der Waals surface area contributed by atoms with Gasteiger partial charge in [-0.05, 0) is 35.4 Å². The van der Waals surface area contributed by atoms with Crippen molar-refractivity contribution in [2.45, 2.75) is 33.2 Å². The van der Waals surface area contributed by atoms with Crippen LogP contribution in [0.3, 0.4) is 0 Å². The number of rotatable bonds is 7. The SMILES string of the molecule is CC(C)CCC(=O)N(C)Cc1csc(C=CC(=O)O)c1. The average molecular weight is 295 g/mol. The molecule has 4 nitrogen and oxygen atoms in total. The van der Waals surface area contributed by atoms with E-state index in [-0.39, 0.29) is 5.91 Å². The maximum Gasteiger partial charge on any atom is 0.328 e. The Balaban J connectivity index is 2.51. The second-order valence-corrected chi connectivity index (χ2v) is 6.15. The van der Waals surface area contributed by atoms with Crippen molar-refractivity contribution in [2.24, 2.45) is 5.92 Å². The number of carbonyl (C=O) groups is 2. The molecule has 1 aromatic heterocycles. The first kappa shape index (κ1) is 16.4. The van der Waals surface area contributed by atoms with Gasteiger partial charge in [-0.15, -0.1) is 11.3 Å². The lowest BCUT2D eigenvalue weighted by molar-refractivity contribution is -0.131. The predicted octanol–water partition coefficient (Wildman–Crippen LogP) is 3.24. The number of carboxylic acid groups (broad SMARTS) is 1. The third kappa shape index (κ3) is 6.02. The number of hydrogen-bond acceptors (Lipinski definition) is 3. The maximum absolute atomic E-state index is 11.9. The van der Waals surface area contributed by atoms with E-state index in [9.17, 15) is 9.59 Å². The lowest BCUT2D eigenvalue weighted by Gasteiger charge is -2.17. The molecule has 20 heavy (non-hydrogen) atoms. The number of hydrogen-bond donors (Lipinski definition) is 1. The highest BCUT2D eigenvalue weighted by molar-refractivity contribution is 7.11. The summed E-state index contributed by atoms with van der Waals surface area (Å²) >= 11 is 1.48. The molecule has 110 valence electrons. The molecule has 0 aromatic carbocycles. The van der Waals surface area contributed by atoms with Crippen LogP contribution in [-0.2, 0) is 16.1 Å². The molecule has 0 radical (unpaired) electrons. The van der Waals surface area contributed by atoms with Crippen molar-refractivity contribution < 1.29 is 14.7 Å². The topological polar surface area (TPSA) is 57.6 Å². The number of nitrogens with zero attached hydrogens (tertiary/aromatic N) is 1. The Morgan fingerprint density at radius 2 is 2.15 bits per heavy atom. The summed E-state index contributed by atoms with van der Waals surface area (Å²) in [5, 5.41) is 10.5. The minimum absolute atomic E-state index is 0.146. The van der Waals surface area contributed by atoms with E-state index >= 15 is 0 Å². The van der Waals surface area contributed by atoms with Crippen LogP contribution in [-0.4, -0.2) is 28.9 Å². The van der Waals surface area contributed by atoms with Crippen molar-refractivity contribution in [1.82, 2.24) is 4.90 Å². The summed E-state index contributed by atoms with van der Waals surface area (Å²) in [7, 11) is 1.80. The Bertz CT molecular complexity index is 491. The van der Waals surface area contributed by atoms with Gasteiger partial charge in [-0.25, -0.2) is 4.79 Å². The van der Waals surface area contributed by atoms with Crippen LogP contribution in [0.5, 0.6) is 0 Å². The van der Waals surface area contributed by atoms with Crippen LogP contribution in [0.1, 0.15) is 37.1 Å². The largest absolute Gasteiger partial charge is 0.478 e. The predicted molar refractivity (Wildman–Crippen MR) is 81.5 cm³/mol. The fourth-order valence-corrected chi connectivity index (χ4v) is 2.48. The number of carbonyl (C=O) groups excluding carboxylic acids is 1. The number of carboxylic acids is 1. The van der Waals surface area contributed by atoms with E-state index in [1.165, 1.54) is 11.3 Å². The van der Waals surface area contributed by atoms with E-state index in [4.69, 9.17) is 5.11 Å². The molecule has 1 amide bonds. The third-order valence-corrected chi connectivity index (χ3v) is 3.79. The molecule has 1 heterocycles. The standard InChI is InChI=1S/C15H21NO3S/c1-11(2)4-6-14(17)16(3)9-12-8-13(20-10-12)5-7-15(18)19/h5,7-8,10-11H,4,6,9H2,1-3H3,(H,18,19). The highest BCUT2D eigenvalue weighted by Crippen LogP contribution is 2.18. The van der Waals surface area contributed by atoms with Crippen molar-refractivity contribution in [3.05, 3.63) is 28.0 Å². The van der Waals surface area contributed by atoms with E-state index in [0.717, 1.165) is 22.9 Å². The minimum atomic E-state index is -0.957. The Hall–Kier alpha value is -1.62. The Labute approximate surface area is 123 Å². The van der Waals surface area contributed by atoms with Gasteiger partial charge in [0.2, 0.25) is 5.91 Å². The third-order valence-electron chi connectivity index (χ3n) is 2.85. The van der Waals surface area contributed by atoms with Crippen LogP contribution in [0.25, 0.3) is 6.08 Å². The van der Waals surface area contributed by atoms with Crippen LogP contribution < -0.4 is 0 Å². The second-order valence-electron chi connectivity index (χ2n) is 5.21. The van der Waals surface area contributed by atoms with E-state index in [2.05, 4.69) is 13.8 Å². The Kier molecular flexibility index (Phi) is 6.45. The summed E-state index contributed by atoms with van der Waals surface area (Å²) in [6.07, 6.45) is 4.16. The highest BCUT2D eigenvalue weighted by Gasteiger charge is 2.10. The fraction of sp³-hybridized carbons (Fsp3) is 0.467. The first-order valence-corrected chi connectivity index (χ1v) is 7.49. The van der Waals surface area contributed by atoms with Gasteiger partial charge in [0.1, 0.15) is 0 Å². The smallest absolute Gasteiger partial charge is 0.328 e. The van der Waals surface area contributed by atoms with Gasteiger partial charge in [0.25, 0.3) is 0 Å². The van der Waals surface area contributed by atoms with Crippen LogP contribution >= 0.6 is 11.3 Å². The van der Waals surface area contributed by atoms with E-state index in [1.807, 2.05) is 11.4 Å². The molecule has 5 heteroatoms.